The molecule has 0 N–H and O–H groups in total. The van der Waals surface area contributed by atoms with E-state index in [9.17, 15) is 4.79 Å². The largest absolute Gasteiger partial charge is 0.494 e. The minimum atomic E-state index is -0.258. The number of esters is 1. The zero-order chi connectivity index (χ0) is 15.2. The fraction of sp³-hybridized carbons (Fsp3) is 0.278. The molecule has 0 aliphatic carbocycles. The SMILES string of the molecule is CCOc1ccc(CC(=O)Oc2ccc(C)cc2C)cc1. The van der Waals surface area contributed by atoms with Crippen molar-refractivity contribution in [1.82, 2.24) is 0 Å². The maximum Gasteiger partial charge on any atom is 0.315 e. The second-order valence-corrected chi connectivity index (χ2v) is 5.00. The fourth-order valence-electron chi connectivity index (χ4n) is 2.11. The Labute approximate surface area is 125 Å². The number of aryl methyl sites for hydroxylation is 2. The Hall–Kier alpha value is -2.29. The summed E-state index contributed by atoms with van der Waals surface area (Å²) in [5, 5.41) is 0. The van der Waals surface area contributed by atoms with Crippen LogP contribution in [0, 0.1) is 13.8 Å². The van der Waals surface area contributed by atoms with Gasteiger partial charge in [-0.3, -0.25) is 4.79 Å². The molecule has 0 aliphatic heterocycles. The van der Waals surface area contributed by atoms with Gasteiger partial charge in [0.15, 0.2) is 0 Å². The van der Waals surface area contributed by atoms with Crippen molar-refractivity contribution in [3.8, 4) is 11.5 Å². The van der Waals surface area contributed by atoms with Gasteiger partial charge in [0.1, 0.15) is 11.5 Å². The van der Waals surface area contributed by atoms with Crippen molar-refractivity contribution in [2.24, 2.45) is 0 Å². The molecule has 0 saturated carbocycles. The molecule has 0 atom stereocenters. The number of carbonyl (C=O) groups excluding carboxylic acids is 1. The van der Waals surface area contributed by atoms with Gasteiger partial charge in [0.2, 0.25) is 0 Å². The molecule has 21 heavy (non-hydrogen) atoms. The van der Waals surface area contributed by atoms with Gasteiger partial charge < -0.3 is 9.47 Å². The molecule has 0 heterocycles. The Morgan fingerprint density at radius 1 is 1.05 bits per heavy atom. The van der Waals surface area contributed by atoms with Gasteiger partial charge in [-0.1, -0.05) is 29.8 Å². The average Bonchev–Trinajstić information content (AvgIpc) is 2.44. The van der Waals surface area contributed by atoms with Gasteiger partial charge >= 0.3 is 5.97 Å². The number of hydrogen-bond acceptors (Lipinski definition) is 3. The highest BCUT2D eigenvalue weighted by atomic mass is 16.5. The molecule has 2 rings (SSSR count). The molecule has 0 fully saturated rings. The Balaban J connectivity index is 1.98. The van der Waals surface area contributed by atoms with E-state index in [0.717, 1.165) is 22.4 Å². The van der Waals surface area contributed by atoms with Crippen molar-refractivity contribution in [2.45, 2.75) is 27.2 Å². The first-order valence-corrected chi connectivity index (χ1v) is 7.08. The summed E-state index contributed by atoms with van der Waals surface area (Å²) in [4.78, 5) is 12.0. The van der Waals surface area contributed by atoms with Crippen LogP contribution in [-0.2, 0) is 11.2 Å². The summed E-state index contributed by atoms with van der Waals surface area (Å²) in [7, 11) is 0. The molecule has 0 unspecified atom stereocenters. The molecule has 0 aromatic heterocycles. The molecule has 3 nitrogen and oxygen atoms in total. The summed E-state index contributed by atoms with van der Waals surface area (Å²) in [6.45, 7) is 6.52. The molecule has 2 aromatic rings. The highest BCUT2D eigenvalue weighted by Crippen LogP contribution is 2.19. The Kier molecular flexibility index (Phi) is 4.99. The van der Waals surface area contributed by atoms with Crippen LogP contribution < -0.4 is 9.47 Å². The predicted octanol–water partition coefficient (Wildman–Crippen LogP) is 3.85. The normalized spacial score (nSPS) is 10.2. The van der Waals surface area contributed by atoms with E-state index in [4.69, 9.17) is 9.47 Å². The molecule has 3 heteroatoms. The smallest absolute Gasteiger partial charge is 0.315 e. The van der Waals surface area contributed by atoms with Crippen molar-refractivity contribution in [3.63, 3.8) is 0 Å². The van der Waals surface area contributed by atoms with E-state index in [0.29, 0.717) is 12.4 Å². The lowest BCUT2D eigenvalue weighted by atomic mass is 10.1. The summed E-state index contributed by atoms with van der Waals surface area (Å²) in [6, 6.07) is 13.3. The molecule has 0 spiro atoms. The Bertz CT molecular complexity index is 615. The summed E-state index contributed by atoms with van der Waals surface area (Å²) in [5.41, 5.74) is 3.03. The van der Waals surface area contributed by atoms with E-state index in [2.05, 4.69) is 0 Å². The van der Waals surface area contributed by atoms with E-state index in [1.54, 1.807) is 0 Å². The molecule has 0 radical (unpaired) electrons. The minimum absolute atomic E-state index is 0.250. The molecule has 0 aliphatic rings. The van der Waals surface area contributed by atoms with Gasteiger partial charge in [-0.05, 0) is 50.1 Å². The molecule has 110 valence electrons. The zero-order valence-corrected chi connectivity index (χ0v) is 12.7. The fourth-order valence-corrected chi connectivity index (χ4v) is 2.11. The third kappa shape index (κ3) is 4.35. The standard InChI is InChI=1S/C18H20O3/c1-4-20-16-8-6-15(7-9-16)12-18(19)21-17-10-5-13(2)11-14(17)3/h5-11H,4,12H2,1-3H3. The first-order chi connectivity index (χ1) is 10.1. The van der Waals surface area contributed by atoms with E-state index >= 15 is 0 Å². The lowest BCUT2D eigenvalue weighted by molar-refractivity contribution is -0.133. The van der Waals surface area contributed by atoms with Crippen LogP contribution in [0.2, 0.25) is 0 Å². The van der Waals surface area contributed by atoms with E-state index in [-0.39, 0.29) is 12.4 Å². The summed E-state index contributed by atoms with van der Waals surface area (Å²) < 4.78 is 10.8. The number of ether oxygens (including phenoxy) is 2. The number of rotatable bonds is 5. The second kappa shape index (κ2) is 6.93. The second-order valence-electron chi connectivity index (χ2n) is 5.00. The Morgan fingerprint density at radius 3 is 2.38 bits per heavy atom. The maximum absolute atomic E-state index is 12.0. The molecular formula is C18H20O3. The van der Waals surface area contributed by atoms with Crippen molar-refractivity contribution < 1.29 is 14.3 Å². The van der Waals surface area contributed by atoms with Crippen molar-refractivity contribution >= 4 is 5.97 Å². The van der Waals surface area contributed by atoms with Crippen LogP contribution in [0.25, 0.3) is 0 Å². The van der Waals surface area contributed by atoms with Gasteiger partial charge in [-0.15, -0.1) is 0 Å². The molecular weight excluding hydrogens is 264 g/mol. The monoisotopic (exact) mass is 284 g/mol. The maximum atomic E-state index is 12.0. The summed E-state index contributed by atoms with van der Waals surface area (Å²) >= 11 is 0. The third-order valence-corrected chi connectivity index (χ3v) is 3.14. The lowest BCUT2D eigenvalue weighted by Gasteiger charge is -2.08. The molecule has 0 amide bonds. The van der Waals surface area contributed by atoms with Crippen LogP contribution >= 0.6 is 0 Å². The van der Waals surface area contributed by atoms with Crippen molar-refractivity contribution in [2.75, 3.05) is 6.61 Å². The van der Waals surface area contributed by atoms with Crippen LogP contribution in [-0.4, -0.2) is 12.6 Å². The van der Waals surface area contributed by atoms with Crippen LogP contribution in [0.1, 0.15) is 23.6 Å². The summed E-state index contributed by atoms with van der Waals surface area (Å²) in [5.74, 6) is 1.17. The van der Waals surface area contributed by atoms with Gasteiger partial charge in [-0.2, -0.15) is 0 Å². The first-order valence-electron chi connectivity index (χ1n) is 7.08. The van der Waals surface area contributed by atoms with Gasteiger partial charge in [0, 0.05) is 0 Å². The molecule has 0 bridgehead atoms. The van der Waals surface area contributed by atoms with Gasteiger partial charge in [-0.25, -0.2) is 0 Å². The van der Waals surface area contributed by atoms with Crippen molar-refractivity contribution in [3.05, 3.63) is 59.2 Å². The highest BCUT2D eigenvalue weighted by Gasteiger charge is 2.08. The lowest BCUT2D eigenvalue weighted by Crippen LogP contribution is -2.12. The van der Waals surface area contributed by atoms with Crippen LogP contribution in [0.15, 0.2) is 42.5 Å². The number of carbonyl (C=O) groups is 1. The topological polar surface area (TPSA) is 35.5 Å². The molecule has 0 saturated heterocycles. The van der Waals surface area contributed by atoms with E-state index in [1.807, 2.05) is 63.2 Å². The van der Waals surface area contributed by atoms with Gasteiger partial charge in [0.05, 0.1) is 13.0 Å². The average molecular weight is 284 g/mol. The Morgan fingerprint density at radius 2 is 1.76 bits per heavy atom. The molecule has 2 aromatic carbocycles. The first kappa shape index (κ1) is 15.1. The predicted molar refractivity (Wildman–Crippen MR) is 82.9 cm³/mol. The third-order valence-electron chi connectivity index (χ3n) is 3.14. The highest BCUT2D eigenvalue weighted by molar-refractivity contribution is 5.75. The summed E-state index contributed by atoms with van der Waals surface area (Å²) in [6.07, 6.45) is 0.250. The van der Waals surface area contributed by atoms with Crippen LogP contribution in [0.3, 0.4) is 0 Å². The van der Waals surface area contributed by atoms with Gasteiger partial charge in [0.25, 0.3) is 0 Å². The van der Waals surface area contributed by atoms with Crippen molar-refractivity contribution in [1.29, 1.82) is 0 Å². The van der Waals surface area contributed by atoms with Crippen LogP contribution in [0.4, 0.5) is 0 Å². The minimum Gasteiger partial charge on any atom is -0.494 e. The number of benzene rings is 2. The number of hydrogen-bond donors (Lipinski definition) is 0. The van der Waals surface area contributed by atoms with Crippen LogP contribution in [0.5, 0.6) is 11.5 Å². The van der Waals surface area contributed by atoms with E-state index in [1.165, 1.54) is 0 Å². The quantitative estimate of drug-likeness (QED) is 0.618. The van der Waals surface area contributed by atoms with E-state index < -0.39 is 0 Å². The zero-order valence-electron chi connectivity index (χ0n) is 12.7.